The van der Waals surface area contributed by atoms with Crippen LogP contribution in [0.25, 0.3) is 0 Å². The smallest absolute Gasteiger partial charge is 0.185 e. The van der Waals surface area contributed by atoms with Gasteiger partial charge in [-0.3, -0.25) is 0 Å². The number of nitrogens with two attached hydrogens (primary N) is 1. The maximum atomic E-state index is 5.68. The molecule has 15 heavy (non-hydrogen) atoms. The van der Waals surface area contributed by atoms with Gasteiger partial charge in [-0.15, -0.1) is 11.3 Å². The summed E-state index contributed by atoms with van der Waals surface area (Å²) in [7, 11) is 0. The second-order valence-corrected chi connectivity index (χ2v) is 4.96. The Balaban J connectivity index is 2.04. The van der Waals surface area contributed by atoms with Crippen LogP contribution in [0.5, 0.6) is 0 Å². The first-order valence-electron chi connectivity index (χ1n) is 5.78. The fraction of sp³-hybridized carbons (Fsp3) is 0.727. The SMILES string of the molecule is NCCN(c1nccs1)C1CCCCC1. The monoisotopic (exact) mass is 225 g/mol. The van der Waals surface area contributed by atoms with Gasteiger partial charge < -0.3 is 10.6 Å². The summed E-state index contributed by atoms with van der Waals surface area (Å²) in [6.45, 7) is 1.66. The maximum absolute atomic E-state index is 5.68. The Morgan fingerprint density at radius 1 is 1.40 bits per heavy atom. The van der Waals surface area contributed by atoms with Crippen molar-refractivity contribution in [3.63, 3.8) is 0 Å². The van der Waals surface area contributed by atoms with Gasteiger partial charge in [0.2, 0.25) is 0 Å². The van der Waals surface area contributed by atoms with Gasteiger partial charge in [0.15, 0.2) is 5.13 Å². The first-order valence-corrected chi connectivity index (χ1v) is 6.66. The molecule has 1 aromatic heterocycles. The van der Waals surface area contributed by atoms with E-state index < -0.39 is 0 Å². The lowest BCUT2D eigenvalue weighted by atomic mass is 9.94. The van der Waals surface area contributed by atoms with Gasteiger partial charge >= 0.3 is 0 Å². The number of hydrogen-bond donors (Lipinski definition) is 1. The summed E-state index contributed by atoms with van der Waals surface area (Å²) in [6.07, 6.45) is 8.60. The standard InChI is InChI=1S/C11H19N3S/c12-6-8-14(11-13-7-9-15-11)10-4-2-1-3-5-10/h7,9-10H,1-6,8,12H2. The van der Waals surface area contributed by atoms with E-state index in [-0.39, 0.29) is 0 Å². The molecule has 1 aromatic rings. The molecule has 0 spiro atoms. The Bertz CT molecular complexity index is 267. The van der Waals surface area contributed by atoms with Crippen molar-refractivity contribution in [3.05, 3.63) is 11.6 Å². The van der Waals surface area contributed by atoms with E-state index in [1.165, 1.54) is 32.1 Å². The molecule has 0 saturated heterocycles. The molecule has 2 rings (SSSR count). The molecule has 1 aliphatic rings. The number of nitrogens with zero attached hydrogens (tertiary/aromatic N) is 2. The van der Waals surface area contributed by atoms with Gasteiger partial charge in [-0.05, 0) is 12.8 Å². The Morgan fingerprint density at radius 2 is 2.20 bits per heavy atom. The molecule has 1 saturated carbocycles. The normalized spacial score (nSPS) is 17.9. The van der Waals surface area contributed by atoms with Crippen molar-refractivity contribution in [2.45, 2.75) is 38.1 Å². The minimum absolute atomic E-state index is 0.674. The molecular weight excluding hydrogens is 206 g/mol. The highest BCUT2D eigenvalue weighted by Gasteiger charge is 2.22. The number of rotatable bonds is 4. The number of anilines is 1. The average Bonchev–Trinajstić information content (AvgIpc) is 2.80. The average molecular weight is 225 g/mol. The Morgan fingerprint density at radius 3 is 2.80 bits per heavy atom. The van der Waals surface area contributed by atoms with E-state index in [2.05, 4.69) is 9.88 Å². The summed E-state index contributed by atoms with van der Waals surface area (Å²) in [5.74, 6) is 0. The summed E-state index contributed by atoms with van der Waals surface area (Å²) in [4.78, 5) is 6.81. The van der Waals surface area contributed by atoms with Crippen LogP contribution >= 0.6 is 11.3 Å². The molecule has 0 aliphatic heterocycles. The van der Waals surface area contributed by atoms with Crippen LogP contribution in [-0.2, 0) is 0 Å². The molecule has 0 unspecified atom stereocenters. The van der Waals surface area contributed by atoms with Crippen molar-refractivity contribution in [1.29, 1.82) is 0 Å². The van der Waals surface area contributed by atoms with Crippen molar-refractivity contribution >= 4 is 16.5 Å². The third-order valence-corrected chi connectivity index (χ3v) is 3.86. The topological polar surface area (TPSA) is 42.1 Å². The lowest BCUT2D eigenvalue weighted by molar-refractivity contribution is 0.415. The van der Waals surface area contributed by atoms with Crippen LogP contribution in [0.2, 0.25) is 0 Å². The molecule has 1 heterocycles. The number of hydrogen-bond acceptors (Lipinski definition) is 4. The fourth-order valence-corrected chi connectivity index (χ4v) is 3.06. The molecule has 0 bridgehead atoms. The van der Waals surface area contributed by atoms with Gasteiger partial charge in [-0.1, -0.05) is 19.3 Å². The van der Waals surface area contributed by atoms with Gasteiger partial charge in [0.1, 0.15) is 0 Å². The Kier molecular flexibility index (Phi) is 3.97. The third-order valence-electron chi connectivity index (χ3n) is 3.05. The lowest BCUT2D eigenvalue weighted by Gasteiger charge is -2.33. The predicted molar refractivity (Wildman–Crippen MR) is 65.4 cm³/mol. The summed E-state index contributed by atoms with van der Waals surface area (Å²) in [5, 5.41) is 3.19. The van der Waals surface area contributed by atoms with Gasteiger partial charge in [0.05, 0.1) is 0 Å². The Hall–Kier alpha value is -0.610. The predicted octanol–water partition coefficient (Wildman–Crippen LogP) is 2.24. The van der Waals surface area contributed by atoms with Crippen molar-refractivity contribution in [2.24, 2.45) is 5.73 Å². The molecule has 1 fully saturated rings. The second kappa shape index (κ2) is 5.47. The van der Waals surface area contributed by atoms with E-state index in [9.17, 15) is 0 Å². The molecule has 0 radical (unpaired) electrons. The summed E-state index contributed by atoms with van der Waals surface area (Å²) in [5.41, 5.74) is 5.68. The molecule has 0 aromatic carbocycles. The number of thiazole rings is 1. The number of aromatic nitrogens is 1. The van der Waals surface area contributed by atoms with Gasteiger partial charge in [0.25, 0.3) is 0 Å². The molecule has 0 amide bonds. The highest BCUT2D eigenvalue weighted by Crippen LogP contribution is 2.28. The van der Waals surface area contributed by atoms with Crippen LogP contribution in [0.4, 0.5) is 5.13 Å². The van der Waals surface area contributed by atoms with Gasteiger partial charge in [0, 0.05) is 30.7 Å². The van der Waals surface area contributed by atoms with E-state index in [0.717, 1.165) is 18.2 Å². The lowest BCUT2D eigenvalue weighted by Crippen LogP contribution is -2.40. The molecule has 84 valence electrons. The van der Waals surface area contributed by atoms with Crippen molar-refractivity contribution < 1.29 is 0 Å². The minimum atomic E-state index is 0.674. The van der Waals surface area contributed by atoms with Crippen LogP contribution in [0, 0.1) is 0 Å². The third kappa shape index (κ3) is 2.69. The van der Waals surface area contributed by atoms with E-state index >= 15 is 0 Å². The maximum Gasteiger partial charge on any atom is 0.185 e. The largest absolute Gasteiger partial charge is 0.344 e. The van der Waals surface area contributed by atoms with Crippen LogP contribution in [0.1, 0.15) is 32.1 Å². The van der Waals surface area contributed by atoms with Crippen LogP contribution in [0.15, 0.2) is 11.6 Å². The molecular formula is C11H19N3S. The van der Waals surface area contributed by atoms with Crippen LogP contribution in [-0.4, -0.2) is 24.1 Å². The summed E-state index contributed by atoms with van der Waals surface area (Å²) >= 11 is 1.72. The molecule has 2 N–H and O–H groups in total. The molecule has 0 atom stereocenters. The van der Waals surface area contributed by atoms with E-state index in [1.807, 2.05) is 11.6 Å². The summed E-state index contributed by atoms with van der Waals surface area (Å²) in [6, 6.07) is 0.674. The van der Waals surface area contributed by atoms with Gasteiger partial charge in [-0.2, -0.15) is 0 Å². The van der Waals surface area contributed by atoms with Crippen molar-refractivity contribution in [2.75, 3.05) is 18.0 Å². The minimum Gasteiger partial charge on any atom is -0.344 e. The molecule has 4 heteroatoms. The van der Waals surface area contributed by atoms with Gasteiger partial charge in [-0.25, -0.2) is 4.98 Å². The quantitative estimate of drug-likeness (QED) is 0.854. The van der Waals surface area contributed by atoms with Crippen LogP contribution < -0.4 is 10.6 Å². The van der Waals surface area contributed by atoms with Crippen molar-refractivity contribution in [1.82, 2.24) is 4.98 Å². The van der Waals surface area contributed by atoms with Crippen LogP contribution in [0.3, 0.4) is 0 Å². The molecule has 3 nitrogen and oxygen atoms in total. The van der Waals surface area contributed by atoms with E-state index in [1.54, 1.807) is 11.3 Å². The zero-order valence-electron chi connectivity index (χ0n) is 9.06. The van der Waals surface area contributed by atoms with E-state index in [4.69, 9.17) is 5.73 Å². The zero-order valence-corrected chi connectivity index (χ0v) is 9.88. The fourth-order valence-electron chi connectivity index (χ4n) is 2.32. The highest BCUT2D eigenvalue weighted by molar-refractivity contribution is 7.13. The first-order chi connectivity index (χ1) is 7.42. The summed E-state index contributed by atoms with van der Waals surface area (Å²) < 4.78 is 0. The first kappa shape index (κ1) is 10.9. The highest BCUT2D eigenvalue weighted by atomic mass is 32.1. The Labute approximate surface area is 95.3 Å². The van der Waals surface area contributed by atoms with Crippen molar-refractivity contribution in [3.8, 4) is 0 Å². The molecule has 1 aliphatic carbocycles. The second-order valence-electron chi connectivity index (χ2n) is 4.09. The zero-order chi connectivity index (χ0) is 10.5. The van der Waals surface area contributed by atoms with E-state index in [0.29, 0.717) is 6.04 Å².